The molecular formula is C15H30N2O. The third-order valence-electron chi connectivity index (χ3n) is 5.20. The Morgan fingerprint density at radius 3 is 2.50 bits per heavy atom. The summed E-state index contributed by atoms with van der Waals surface area (Å²) in [4.78, 5) is 2.73. The van der Waals surface area contributed by atoms with Crippen LogP contribution in [0.3, 0.4) is 0 Å². The standard InChI is InChI=1S/C15H30N2O/c1-3-17(13-7-4-5-8-13)15(12-16)10-6-9-14(11-15)18-2/h13-14H,3-12,16H2,1-2H3. The van der Waals surface area contributed by atoms with Gasteiger partial charge in [-0.3, -0.25) is 4.90 Å². The molecule has 2 atom stereocenters. The molecule has 3 heteroatoms. The molecule has 0 aromatic heterocycles. The van der Waals surface area contributed by atoms with E-state index < -0.39 is 0 Å². The number of ether oxygens (including phenoxy) is 1. The Balaban J connectivity index is 2.12. The number of methoxy groups -OCH3 is 1. The Kier molecular flexibility index (Phi) is 5.05. The van der Waals surface area contributed by atoms with Crippen LogP contribution in [0.1, 0.15) is 58.3 Å². The molecule has 2 aliphatic carbocycles. The average Bonchev–Trinajstić information content (AvgIpc) is 2.93. The molecule has 0 amide bonds. The van der Waals surface area contributed by atoms with E-state index in [4.69, 9.17) is 10.5 Å². The highest BCUT2D eigenvalue weighted by Crippen LogP contribution is 2.38. The van der Waals surface area contributed by atoms with Crippen molar-refractivity contribution in [2.75, 3.05) is 20.2 Å². The summed E-state index contributed by atoms with van der Waals surface area (Å²) >= 11 is 0. The van der Waals surface area contributed by atoms with Gasteiger partial charge in [-0.25, -0.2) is 0 Å². The summed E-state index contributed by atoms with van der Waals surface area (Å²) in [5, 5.41) is 0. The summed E-state index contributed by atoms with van der Waals surface area (Å²) in [6.45, 7) is 4.22. The summed E-state index contributed by atoms with van der Waals surface area (Å²) in [6.07, 6.45) is 10.8. The largest absolute Gasteiger partial charge is 0.381 e. The fourth-order valence-electron chi connectivity index (χ4n) is 4.25. The molecule has 18 heavy (non-hydrogen) atoms. The van der Waals surface area contributed by atoms with Crippen molar-refractivity contribution in [1.29, 1.82) is 0 Å². The van der Waals surface area contributed by atoms with Crippen molar-refractivity contribution in [3.8, 4) is 0 Å². The molecule has 106 valence electrons. The van der Waals surface area contributed by atoms with E-state index in [0.29, 0.717) is 6.10 Å². The highest BCUT2D eigenvalue weighted by molar-refractivity contribution is 4.99. The molecule has 2 saturated carbocycles. The van der Waals surface area contributed by atoms with E-state index >= 15 is 0 Å². The van der Waals surface area contributed by atoms with Crippen molar-refractivity contribution >= 4 is 0 Å². The highest BCUT2D eigenvalue weighted by Gasteiger charge is 2.42. The third-order valence-corrected chi connectivity index (χ3v) is 5.20. The Morgan fingerprint density at radius 1 is 1.22 bits per heavy atom. The first-order chi connectivity index (χ1) is 8.75. The fourth-order valence-corrected chi connectivity index (χ4v) is 4.25. The molecular weight excluding hydrogens is 224 g/mol. The topological polar surface area (TPSA) is 38.5 Å². The van der Waals surface area contributed by atoms with E-state index in [9.17, 15) is 0 Å². The maximum atomic E-state index is 6.20. The van der Waals surface area contributed by atoms with Gasteiger partial charge in [0.25, 0.3) is 0 Å². The van der Waals surface area contributed by atoms with Gasteiger partial charge in [0.05, 0.1) is 6.10 Å². The van der Waals surface area contributed by atoms with Crippen LogP contribution in [0.25, 0.3) is 0 Å². The summed E-state index contributed by atoms with van der Waals surface area (Å²) < 4.78 is 5.62. The predicted octanol–water partition coefficient (Wildman–Crippen LogP) is 2.54. The van der Waals surface area contributed by atoms with Gasteiger partial charge in [0.2, 0.25) is 0 Å². The number of hydrogen-bond donors (Lipinski definition) is 1. The molecule has 0 spiro atoms. The van der Waals surface area contributed by atoms with Crippen LogP contribution in [0.2, 0.25) is 0 Å². The van der Waals surface area contributed by atoms with Crippen molar-refractivity contribution in [3.05, 3.63) is 0 Å². The second kappa shape index (κ2) is 6.36. The maximum absolute atomic E-state index is 6.20. The quantitative estimate of drug-likeness (QED) is 0.819. The van der Waals surface area contributed by atoms with Crippen LogP contribution in [0.15, 0.2) is 0 Å². The molecule has 0 aromatic carbocycles. The molecule has 0 heterocycles. The van der Waals surface area contributed by atoms with Crippen LogP contribution >= 0.6 is 0 Å². The second-order valence-electron chi connectivity index (χ2n) is 6.11. The Labute approximate surface area is 112 Å². The molecule has 2 rings (SSSR count). The summed E-state index contributed by atoms with van der Waals surface area (Å²) in [6, 6.07) is 0.772. The predicted molar refractivity (Wildman–Crippen MR) is 75.7 cm³/mol. The lowest BCUT2D eigenvalue weighted by atomic mass is 9.77. The molecule has 3 nitrogen and oxygen atoms in total. The lowest BCUT2D eigenvalue weighted by Crippen LogP contribution is -2.60. The molecule has 0 bridgehead atoms. The van der Waals surface area contributed by atoms with Gasteiger partial charge in [0.15, 0.2) is 0 Å². The molecule has 2 aliphatic rings. The van der Waals surface area contributed by atoms with E-state index in [1.807, 2.05) is 7.11 Å². The number of nitrogens with zero attached hydrogens (tertiary/aromatic N) is 1. The van der Waals surface area contributed by atoms with E-state index in [1.54, 1.807) is 0 Å². The normalized spacial score (nSPS) is 34.3. The first-order valence-corrected chi connectivity index (χ1v) is 7.75. The van der Waals surface area contributed by atoms with Gasteiger partial charge in [-0.15, -0.1) is 0 Å². The average molecular weight is 254 g/mol. The summed E-state index contributed by atoms with van der Waals surface area (Å²) in [7, 11) is 1.85. The lowest BCUT2D eigenvalue weighted by molar-refractivity contribution is -0.0371. The maximum Gasteiger partial charge on any atom is 0.0589 e. The fraction of sp³-hybridized carbons (Fsp3) is 1.00. The minimum atomic E-state index is 0.211. The zero-order valence-corrected chi connectivity index (χ0v) is 12.2. The van der Waals surface area contributed by atoms with Gasteiger partial charge in [-0.2, -0.15) is 0 Å². The number of likely N-dealkylation sites (N-methyl/N-ethyl adjacent to an activating group) is 1. The smallest absolute Gasteiger partial charge is 0.0589 e. The Morgan fingerprint density at radius 2 is 1.94 bits per heavy atom. The highest BCUT2D eigenvalue weighted by atomic mass is 16.5. The zero-order valence-electron chi connectivity index (χ0n) is 12.2. The first kappa shape index (κ1) is 14.3. The molecule has 2 unspecified atom stereocenters. The minimum Gasteiger partial charge on any atom is -0.381 e. The monoisotopic (exact) mass is 254 g/mol. The molecule has 0 aliphatic heterocycles. The van der Waals surface area contributed by atoms with Crippen LogP contribution < -0.4 is 5.73 Å². The van der Waals surface area contributed by atoms with E-state index in [-0.39, 0.29) is 5.54 Å². The van der Waals surface area contributed by atoms with Crippen molar-refractivity contribution in [2.45, 2.75) is 76.0 Å². The van der Waals surface area contributed by atoms with Gasteiger partial charge in [-0.1, -0.05) is 19.8 Å². The molecule has 0 saturated heterocycles. The van der Waals surface area contributed by atoms with Crippen LogP contribution in [-0.4, -0.2) is 42.8 Å². The van der Waals surface area contributed by atoms with Gasteiger partial charge < -0.3 is 10.5 Å². The van der Waals surface area contributed by atoms with E-state index in [2.05, 4.69) is 11.8 Å². The Hall–Kier alpha value is -0.120. The third kappa shape index (κ3) is 2.73. The van der Waals surface area contributed by atoms with Crippen LogP contribution in [0.5, 0.6) is 0 Å². The molecule has 0 aromatic rings. The van der Waals surface area contributed by atoms with Crippen molar-refractivity contribution in [3.63, 3.8) is 0 Å². The number of nitrogens with two attached hydrogens (primary N) is 1. The zero-order chi connectivity index (χ0) is 13.0. The van der Waals surface area contributed by atoms with E-state index in [0.717, 1.165) is 25.6 Å². The molecule has 2 fully saturated rings. The van der Waals surface area contributed by atoms with Crippen LogP contribution in [-0.2, 0) is 4.74 Å². The van der Waals surface area contributed by atoms with Crippen molar-refractivity contribution < 1.29 is 4.74 Å². The first-order valence-electron chi connectivity index (χ1n) is 7.75. The summed E-state index contributed by atoms with van der Waals surface area (Å²) in [5.74, 6) is 0. The minimum absolute atomic E-state index is 0.211. The second-order valence-corrected chi connectivity index (χ2v) is 6.11. The van der Waals surface area contributed by atoms with Gasteiger partial charge in [0, 0.05) is 25.2 Å². The summed E-state index contributed by atoms with van der Waals surface area (Å²) in [5.41, 5.74) is 6.41. The molecule has 0 radical (unpaired) electrons. The molecule has 2 N–H and O–H groups in total. The van der Waals surface area contributed by atoms with Crippen molar-refractivity contribution in [1.82, 2.24) is 4.90 Å². The van der Waals surface area contributed by atoms with Crippen LogP contribution in [0.4, 0.5) is 0 Å². The van der Waals surface area contributed by atoms with Gasteiger partial charge in [-0.05, 0) is 45.1 Å². The van der Waals surface area contributed by atoms with Gasteiger partial charge in [0.1, 0.15) is 0 Å². The number of rotatable bonds is 5. The number of hydrogen-bond acceptors (Lipinski definition) is 3. The lowest BCUT2D eigenvalue weighted by Gasteiger charge is -2.50. The van der Waals surface area contributed by atoms with Crippen LogP contribution in [0, 0.1) is 0 Å². The van der Waals surface area contributed by atoms with E-state index in [1.165, 1.54) is 44.9 Å². The van der Waals surface area contributed by atoms with Gasteiger partial charge >= 0.3 is 0 Å². The SMILES string of the molecule is CCN(C1CCCC1)C1(CN)CCCC(OC)C1. The van der Waals surface area contributed by atoms with Crippen molar-refractivity contribution in [2.24, 2.45) is 5.73 Å². The Bertz CT molecular complexity index is 253.